The van der Waals surface area contributed by atoms with Crippen molar-refractivity contribution in [2.45, 2.75) is 13.3 Å². The molecule has 0 bridgehead atoms. The van der Waals surface area contributed by atoms with E-state index >= 15 is 0 Å². The lowest BCUT2D eigenvalue weighted by Gasteiger charge is -2.06. The fourth-order valence-corrected chi connectivity index (χ4v) is 1.99. The Morgan fingerprint density at radius 1 is 1.37 bits per heavy atom. The average Bonchev–Trinajstić information content (AvgIpc) is 2.67. The van der Waals surface area contributed by atoms with Crippen LogP contribution in [0, 0.1) is 0 Å². The first-order chi connectivity index (χ1) is 9.11. The van der Waals surface area contributed by atoms with Crippen LogP contribution in [0.5, 0.6) is 0 Å². The molecule has 1 aromatic carbocycles. The van der Waals surface area contributed by atoms with E-state index in [0.29, 0.717) is 18.2 Å². The van der Waals surface area contributed by atoms with Crippen LogP contribution in [0.25, 0.3) is 6.08 Å². The number of hydrogen-bond donors (Lipinski definition) is 1. The first kappa shape index (κ1) is 13.8. The largest absolute Gasteiger partial charge is 0.321 e. The van der Waals surface area contributed by atoms with Crippen LogP contribution < -0.4 is 5.32 Å². The van der Waals surface area contributed by atoms with Gasteiger partial charge in [-0.25, -0.2) is 0 Å². The molecule has 1 fully saturated rings. The smallest absolute Gasteiger partial charge is 0.276 e. The van der Waals surface area contributed by atoms with Gasteiger partial charge < -0.3 is 5.32 Å². The normalized spacial score (nSPS) is 19.3. The summed E-state index contributed by atoms with van der Waals surface area (Å²) in [6, 6.07) is 7.80. The lowest BCUT2D eigenvalue weighted by Crippen LogP contribution is -2.28. The molecule has 0 aromatic heterocycles. The average molecular weight is 322 g/mol. The van der Waals surface area contributed by atoms with Gasteiger partial charge in [0.15, 0.2) is 0 Å². The minimum atomic E-state index is -0.0576. The van der Waals surface area contributed by atoms with Gasteiger partial charge in [0.25, 0.3) is 5.91 Å². The van der Waals surface area contributed by atoms with Crippen LogP contribution >= 0.6 is 15.9 Å². The monoisotopic (exact) mass is 321 g/mol. The molecule has 5 heteroatoms. The number of carbonyl (C=O) groups is 1. The number of nitrogens with zero attached hydrogens (tertiary/aromatic N) is 2. The van der Waals surface area contributed by atoms with Crippen LogP contribution in [-0.4, -0.2) is 30.4 Å². The Kier molecular flexibility index (Phi) is 4.37. The predicted octanol–water partition coefficient (Wildman–Crippen LogP) is 2.62. The second kappa shape index (κ2) is 6.02. The van der Waals surface area contributed by atoms with E-state index in [1.165, 1.54) is 0 Å². The quantitative estimate of drug-likeness (QED) is 0.870. The number of amides is 1. The Labute approximate surface area is 121 Å². The van der Waals surface area contributed by atoms with Crippen LogP contribution in [-0.2, 0) is 4.79 Å². The molecule has 1 amide bonds. The summed E-state index contributed by atoms with van der Waals surface area (Å²) in [5, 5.41) is 3.06. The molecule has 1 aliphatic rings. The van der Waals surface area contributed by atoms with E-state index in [-0.39, 0.29) is 5.91 Å². The molecule has 1 aliphatic heterocycles. The molecule has 1 aromatic rings. The molecule has 0 saturated carbocycles. The van der Waals surface area contributed by atoms with Crippen LogP contribution in [0.3, 0.4) is 0 Å². The van der Waals surface area contributed by atoms with Gasteiger partial charge in [-0.05, 0) is 30.2 Å². The highest BCUT2D eigenvalue weighted by molar-refractivity contribution is 9.10. The number of nitrogens with one attached hydrogen (secondary N) is 1. The van der Waals surface area contributed by atoms with E-state index < -0.39 is 0 Å². The zero-order valence-corrected chi connectivity index (χ0v) is 12.6. The van der Waals surface area contributed by atoms with Gasteiger partial charge in [-0.2, -0.15) is 0 Å². The maximum absolute atomic E-state index is 12.1. The van der Waals surface area contributed by atoms with Gasteiger partial charge in [0.05, 0.1) is 0 Å². The molecule has 0 spiro atoms. The van der Waals surface area contributed by atoms with Crippen molar-refractivity contribution >= 4 is 33.9 Å². The van der Waals surface area contributed by atoms with E-state index in [9.17, 15) is 4.79 Å². The number of likely N-dealkylation sites (N-methyl/N-ethyl adjacent to an activating group) is 1. The van der Waals surface area contributed by atoms with Gasteiger partial charge in [-0.3, -0.25) is 14.7 Å². The number of aliphatic imine (C=N–C) groups is 1. The molecular weight excluding hydrogens is 306 g/mol. The topological polar surface area (TPSA) is 44.7 Å². The third kappa shape index (κ3) is 3.23. The minimum Gasteiger partial charge on any atom is -0.321 e. The van der Waals surface area contributed by atoms with Gasteiger partial charge in [-0.15, -0.1) is 0 Å². The van der Waals surface area contributed by atoms with Crippen molar-refractivity contribution in [3.63, 3.8) is 0 Å². The molecule has 0 unspecified atom stereocenters. The third-order valence-corrected chi connectivity index (χ3v) is 3.29. The van der Waals surface area contributed by atoms with Gasteiger partial charge in [0, 0.05) is 18.1 Å². The van der Waals surface area contributed by atoms with Crippen molar-refractivity contribution in [1.29, 1.82) is 0 Å². The zero-order valence-electron chi connectivity index (χ0n) is 11.0. The molecule has 1 saturated heterocycles. The summed E-state index contributed by atoms with van der Waals surface area (Å²) in [5.41, 5.74) is 1.53. The van der Waals surface area contributed by atoms with Crippen LogP contribution in [0.4, 0.5) is 0 Å². The van der Waals surface area contributed by atoms with E-state index in [1.54, 1.807) is 11.9 Å². The second-order valence-corrected chi connectivity index (χ2v) is 5.22. The summed E-state index contributed by atoms with van der Waals surface area (Å²) in [4.78, 5) is 17.9. The molecule has 1 heterocycles. The highest BCUT2D eigenvalue weighted by atomic mass is 79.9. The van der Waals surface area contributed by atoms with Crippen molar-refractivity contribution in [1.82, 2.24) is 10.2 Å². The fraction of sp³-hybridized carbons (Fsp3) is 0.286. The Morgan fingerprint density at radius 2 is 2.05 bits per heavy atom. The van der Waals surface area contributed by atoms with Crippen molar-refractivity contribution in [2.24, 2.45) is 4.99 Å². The molecular formula is C14H16BrN3O. The van der Waals surface area contributed by atoms with E-state index in [0.717, 1.165) is 16.5 Å². The molecule has 0 radical (unpaired) electrons. The fourth-order valence-electron chi connectivity index (χ4n) is 1.72. The van der Waals surface area contributed by atoms with Gasteiger partial charge in [0.1, 0.15) is 5.70 Å². The zero-order chi connectivity index (χ0) is 13.8. The van der Waals surface area contributed by atoms with Crippen molar-refractivity contribution in [3.8, 4) is 0 Å². The Hall–Kier alpha value is -1.62. The highest BCUT2D eigenvalue weighted by Gasteiger charge is 2.28. The number of halogens is 1. The van der Waals surface area contributed by atoms with E-state index in [1.807, 2.05) is 30.3 Å². The number of hydrogen-bond acceptors (Lipinski definition) is 2. The lowest BCUT2D eigenvalue weighted by molar-refractivity contribution is -0.121. The molecule has 19 heavy (non-hydrogen) atoms. The van der Waals surface area contributed by atoms with Crippen LogP contribution in [0.2, 0.25) is 0 Å². The summed E-state index contributed by atoms with van der Waals surface area (Å²) in [7, 11) is 1.73. The first-order valence-corrected chi connectivity index (χ1v) is 6.98. The summed E-state index contributed by atoms with van der Waals surface area (Å²) < 4.78 is 1.02. The SMILES string of the molecule is CCCN=C1N/C(=C\c2ccc(Br)cc2)C(=O)N1C. The summed E-state index contributed by atoms with van der Waals surface area (Å²) >= 11 is 3.39. The molecule has 0 atom stereocenters. The minimum absolute atomic E-state index is 0.0576. The number of benzene rings is 1. The standard InChI is InChI=1S/C14H16BrN3O/c1-3-8-16-14-17-12(13(19)18(14)2)9-10-4-6-11(15)7-5-10/h4-7,9H,3,8H2,1-2H3,(H,16,17)/b12-9-. The second-order valence-electron chi connectivity index (χ2n) is 4.30. The molecule has 4 nitrogen and oxygen atoms in total. The van der Waals surface area contributed by atoms with Crippen LogP contribution in [0.1, 0.15) is 18.9 Å². The molecule has 2 rings (SSSR count). The van der Waals surface area contributed by atoms with Gasteiger partial charge in [0.2, 0.25) is 5.96 Å². The number of rotatable bonds is 3. The third-order valence-electron chi connectivity index (χ3n) is 2.77. The van der Waals surface area contributed by atoms with Crippen molar-refractivity contribution in [2.75, 3.05) is 13.6 Å². The Bertz CT molecular complexity index is 534. The Morgan fingerprint density at radius 3 is 2.68 bits per heavy atom. The first-order valence-electron chi connectivity index (χ1n) is 6.18. The maximum atomic E-state index is 12.1. The molecule has 1 N–H and O–H groups in total. The van der Waals surface area contributed by atoms with E-state index in [2.05, 4.69) is 33.2 Å². The van der Waals surface area contributed by atoms with E-state index in [4.69, 9.17) is 0 Å². The summed E-state index contributed by atoms with van der Waals surface area (Å²) in [6.07, 6.45) is 2.79. The van der Waals surface area contributed by atoms with Gasteiger partial charge >= 0.3 is 0 Å². The summed E-state index contributed by atoms with van der Waals surface area (Å²) in [5.74, 6) is 0.563. The van der Waals surface area contributed by atoms with Crippen LogP contribution in [0.15, 0.2) is 39.4 Å². The van der Waals surface area contributed by atoms with Crippen molar-refractivity contribution in [3.05, 3.63) is 40.0 Å². The lowest BCUT2D eigenvalue weighted by atomic mass is 10.2. The van der Waals surface area contributed by atoms with Crippen molar-refractivity contribution < 1.29 is 4.79 Å². The molecule has 100 valence electrons. The summed E-state index contributed by atoms with van der Waals surface area (Å²) in [6.45, 7) is 2.77. The maximum Gasteiger partial charge on any atom is 0.276 e. The number of guanidine groups is 1. The number of carbonyl (C=O) groups excluding carboxylic acids is 1. The molecule has 0 aliphatic carbocycles. The predicted molar refractivity (Wildman–Crippen MR) is 80.6 cm³/mol. The van der Waals surface area contributed by atoms with Gasteiger partial charge in [-0.1, -0.05) is 35.0 Å². The Balaban J connectivity index is 2.22. The highest BCUT2D eigenvalue weighted by Crippen LogP contribution is 2.15.